The molecular formula is C11H17N3O2S. The van der Waals surface area contributed by atoms with E-state index in [1.807, 2.05) is 0 Å². The predicted octanol–water partition coefficient (Wildman–Crippen LogP) is 1.20. The zero-order valence-electron chi connectivity index (χ0n) is 9.81. The Hall–Kier alpha value is -1.14. The monoisotopic (exact) mass is 255 g/mol. The Morgan fingerprint density at radius 3 is 2.88 bits per heavy atom. The molecule has 1 aliphatic carbocycles. The molecule has 0 unspecified atom stereocenters. The first-order chi connectivity index (χ1) is 8.13. The fraction of sp³-hybridized carbons (Fsp3) is 0.545. The molecule has 1 aliphatic rings. The van der Waals surface area contributed by atoms with Crippen LogP contribution in [0.4, 0.5) is 5.82 Å². The minimum absolute atomic E-state index is 0.207. The van der Waals surface area contributed by atoms with Crippen molar-refractivity contribution in [3.63, 3.8) is 0 Å². The second kappa shape index (κ2) is 5.01. The van der Waals surface area contributed by atoms with Gasteiger partial charge in [-0.25, -0.2) is 18.1 Å². The first-order valence-corrected chi connectivity index (χ1v) is 7.24. The molecule has 2 rings (SSSR count). The van der Waals surface area contributed by atoms with Crippen molar-refractivity contribution >= 4 is 15.8 Å². The van der Waals surface area contributed by atoms with Crippen molar-refractivity contribution in [3.05, 3.63) is 18.3 Å². The van der Waals surface area contributed by atoms with Crippen LogP contribution in [-0.2, 0) is 10.0 Å². The second-order valence-corrected chi connectivity index (χ2v) is 5.97. The molecule has 1 saturated carbocycles. The molecule has 94 valence electrons. The van der Waals surface area contributed by atoms with Crippen molar-refractivity contribution in [1.82, 2.24) is 9.71 Å². The van der Waals surface area contributed by atoms with Crippen molar-refractivity contribution in [2.75, 3.05) is 18.9 Å². The van der Waals surface area contributed by atoms with Crippen LogP contribution in [0, 0.1) is 5.92 Å². The molecule has 0 bridgehead atoms. The summed E-state index contributed by atoms with van der Waals surface area (Å²) in [4.78, 5) is 4.20. The van der Waals surface area contributed by atoms with Crippen LogP contribution >= 0.6 is 0 Å². The molecule has 0 atom stereocenters. The van der Waals surface area contributed by atoms with E-state index in [0.29, 0.717) is 12.4 Å². The van der Waals surface area contributed by atoms with Gasteiger partial charge in [0.2, 0.25) is 10.0 Å². The Morgan fingerprint density at radius 2 is 2.24 bits per heavy atom. The van der Waals surface area contributed by atoms with Gasteiger partial charge in [-0.1, -0.05) is 12.8 Å². The van der Waals surface area contributed by atoms with Gasteiger partial charge in [-0.3, -0.25) is 0 Å². The molecular weight excluding hydrogens is 238 g/mol. The quantitative estimate of drug-likeness (QED) is 0.801. The van der Waals surface area contributed by atoms with Gasteiger partial charge in [-0.2, -0.15) is 0 Å². The third-order valence-electron chi connectivity index (χ3n) is 2.84. The number of anilines is 1. The topological polar surface area (TPSA) is 71.1 Å². The van der Waals surface area contributed by atoms with Crippen LogP contribution in [-0.4, -0.2) is 27.0 Å². The maximum atomic E-state index is 12.0. The molecule has 17 heavy (non-hydrogen) atoms. The number of sulfonamides is 1. The van der Waals surface area contributed by atoms with Gasteiger partial charge in [0.05, 0.1) is 0 Å². The van der Waals surface area contributed by atoms with Gasteiger partial charge in [-0.15, -0.1) is 0 Å². The van der Waals surface area contributed by atoms with Gasteiger partial charge in [0.1, 0.15) is 10.7 Å². The minimum Gasteiger partial charge on any atom is -0.372 e. The first-order valence-electron chi connectivity index (χ1n) is 5.76. The van der Waals surface area contributed by atoms with E-state index in [9.17, 15) is 8.42 Å². The van der Waals surface area contributed by atoms with Crippen LogP contribution in [0.5, 0.6) is 0 Å². The molecule has 1 aromatic rings. The molecule has 0 saturated heterocycles. The fourth-order valence-electron chi connectivity index (χ4n) is 1.68. The summed E-state index contributed by atoms with van der Waals surface area (Å²) in [5.74, 6) is 1.10. The first kappa shape index (κ1) is 12.3. The van der Waals surface area contributed by atoms with Crippen LogP contribution in [0.1, 0.15) is 19.3 Å². The average Bonchev–Trinajstić information content (AvgIpc) is 3.13. The predicted molar refractivity (Wildman–Crippen MR) is 66.3 cm³/mol. The lowest BCUT2D eigenvalue weighted by atomic mass is 10.3. The number of hydrogen-bond acceptors (Lipinski definition) is 4. The van der Waals surface area contributed by atoms with Crippen molar-refractivity contribution in [2.45, 2.75) is 24.2 Å². The Balaban J connectivity index is 2.06. The summed E-state index contributed by atoms with van der Waals surface area (Å²) in [5, 5.41) is 2.78. The molecule has 0 spiro atoms. The van der Waals surface area contributed by atoms with Crippen molar-refractivity contribution in [1.29, 1.82) is 0 Å². The Bertz CT molecular complexity index is 483. The number of hydrogen-bond donors (Lipinski definition) is 2. The number of nitrogens with one attached hydrogen (secondary N) is 2. The van der Waals surface area contributed by atoms with Crippen LogP contribution in [0.2, 0.25) is 0 Å². The van der Waals surface area contributed by atoms with Gasteiger partial charge >= 0.3 is 0 Å². The largest absolute Gasteiger partial charge is 0.372 e. The molecule has 2 N–H and O–H groups in total. The molecule has 5 nitrogen and oxygen atoms in total. The van der Waals surface area contributed by atoms with E-state index in [-0.39, 0.29) is 4.90 Å². The third kappa shape index (κ3) is 3.17. The highest BCUT2D eigenvalue weighted by molar-refractivity contribution is 7.89. The zero-order chi connectivity index (χ0) is 12.3. The van der Waals surface area contributed by atoms with Crippen LogP contribution in [0.15, 0.2) is 23.2 Å². The highest BCUT2D eigenvalue weighted by Gasteiger charge is 2.23. The van der Waals surface area contributed by atoms with E-state index in [4.69, 9.17) is 0 Å². The lowest BCUT2D eigenvalue weighted by Gasteiger charge is -2.09. The standard InChI is InChI=1S/C11H17N3O2S/c1-12-11-10(3-2-7-13-11)17(15,16)14-8-6-9-4-5-9/h2-3,7,9,14H,4-6,8H2,1H3,(H,12,13). The van der Waals surface area contributed by atoms with Gasteiger partial charge in [-0.05, 0) is 24.5 Å². The number of pyridine rings is 1. The zero-order valence-corrected chi connectivity index (χ0v) is 10.6. The summed E-state index contributed by atoms with van der Waals surface area (Å²) in [5.41, 5.74) is 0. The highest BCUT2D eigenvalue weighted by Crippen LogP contribution is 2.31. The van der Waals surface area contributed by atoms with E-state index in [2.05, 4.69) is 15.0 Å². The molecule has 1 aromatic heterocycles. The van der Waals surface area contributed by atoms with Crippen LogP contribution in [0.3, 0.4) is 0 Å². The minimum atomic E-state index is -3.45. The normalized spacial score (nSPS) is 15.8. The highest BCUT2D eigenvalue weighted by atomic mass is 32.2. The Kier molecular flexibility index (Phi) is 3.63. The van der Waals surface area contributed by atoms with E-state index in [1.165, 1.54) is 12.8 Å². The second-order valence-electron chi connectivity index (χ2n) is 4.23. The number of aromatic nitrogens is 1. The maximum Gasteiger partial charge on any atom is 0.244 e. The summed E-state index contributed by atoms with van der Waals surface area (Å²) in [6.07, 6.45) is 4.95. The van der Waals surface area contributed by atoms with E-state index >= 15 is 0 Å². The smallest absolute Gasteiger partial charge is 0.244 e. The lowest BCUT2D eigenvalue weighted by Crippen LogP contribution is -2.26. The fourth-order valence-corrected chi connectivity index (χ4v) is 2.89. The van der Waals surface area contributed by atoms with Gasteiger partial charge in [0, 0.05) is 19.8 Å². The molecule has 1 fully saturated rings. The lowest BCUT2D eigenvalue weighted by molar-refractivity contribution is 0.575. The SMILES string of the molecule is CNc1ncccc1S(=O)(=O)NCCC1CC1. The number of rotatable bonds is 6. The average molecular weight is 255 g/mol. The molecule has 0 radical (unpaired) electrons. The molecule has 1 heterocycles. The van der Waals surface area contributed by atoms with Crippen molar-refractivity contribution < 1.29 is 8.42 Å². The summed E-state index contributed by atoms with van der Waals surface area (Å²) in [7, 11) is -1.79. The van der Waals surface area contributed by atoms with Crippen molar-refractivity contribution in [3.8, 4) is 0 Å². The third-order valence-corrected chi connectivity index (χ3v) is 4.33. The summed E-state index contributed by atoms with van der Waals surface area (Å²) in [6.45, 7) is 0.505. The van der Waals surface area contributed by atoms with Crippen LogP contribution in [0.25, 0.3) is 0 Å². The van der Waals surface area contributed by atoms with E-state index in [1.54, 1.807) is 25.4 Å². The summed E-state index contributed by atoms with van der Waals surface area (Å²) in [6, 6.07) is 3.18. The summed E-state index contributed by atoms with van der Waals surface area (Å²) < 4.78 is 26.7. The Morgan fingerprint density at radius 1 is 1.47 bits per heavy atom. The summed E-state index contributed by atoms with van der Waals surface area (Å²) >= 11 is 0. The maximum absolute atomic E-state index is 12.0. The van der Waals surface area contributed by atoms with E-state index in [0.717, 1.165) is 12.3 Å². The van der Waals surface area contributed by atoms with Crippen molar-refractivity contribution in [2.24, 2.45) is 5.92 Å². The van der Waals surface area contributed by atoms with E-state index < -0.39 is 10.0 Å². The molecule has 6 heteroatoms. The van der Waals surface area contributed by atoms with Crippen LogP contribution < -0.4 is 10.0 Å². The Labute approximate surface area is 102 Å². The number of nitrogens with zero attached hydrogens (tertiary/aromatic N) is 1. The molecule has 0 aliphatic heterocycles. The molecule has 0 aromatic carbocycles. The van der Waals surface area contributed by atoms with Gasteiger partial charge < -0.3 is 5.32 Å². The molecule has 0 amide bonds. The van der Waals surface area contributed by atoms with Gasteiger partial charge in [0.25, 0.3) is 0 Å². The van der Waals surface area contributed by atoms with Gasteiger partial charge in [0.15, 0.2) is 0 Å².